The molecule has 0 bridgehead atoms. The molecule has 0 amide bonds. The molecule has 2 rings (SSSR count). The number of rotatable bonds is 4. The lowest BCUT2D eigenvalue weighted by molar-refractivity contribution is 0.603. The van der Waals surface area contributed by atoms with E-state index in [1.165, 1.54) is 6.07 Å². The largest absolute Gasteiger partial charge is 0.324 e. The maximum atomic E-state index is 12.1. The quantitative estimate of drug-likeness (QED) is 0.909. The SMILES string of the molecule is CC(N)c1cccc(NS(=O)(=O)c2ccc(Cl)s2)c1. The number of anilines is 1. The Kier molecular flexibility index (Phi) is 4.15. The van der Waals surface area contributed by atoms with Gasteiger partial charge in [0.05, 0.1) is 4.34 Å². The second-order valence-corrected chi connectivity index (χ2v) is 7.70. The maximum absolute atomic E-state index is 12.1. The molecule has 1 aromatic carbocycles. The predicted octanol–water partition coefficient (Wildman–Crippen LogP) is 3.22. The minimum atomic E-state index is -3.59. The van der Waals surface area contributed by atoms with Gasteiger partial charge in [-0.2, -0.15) is 0 Å². The van der Waals surface area contributed by atoms with Crippen molar-refractivity contribution < 1.29 is 8.42 Å². The van der Waals surface area contributed by atoms with Gasteiger partial charge in [0, 0.05) is 11.7 Å². The fraction of sp³-hybridized carbons (Fsp3) is 0.167. The number of hydrogen-bond donors (Lipinski definition) is 2. The van der Waals surface area contributed by atoms with Crippen molar-refractivity contribution >= 4 is 38.6 Å². The van der Waals surface area contributed by atoms with Gasteiger partial charge in [0.15, 0.2) is 0 Å². The van der Waals surface area contributed by atoms with Crippen LogP contribution >= 0.6 is 22.9 Å². The highest BCUT2D eigenvalue weighted by molar-refractivity contribution is 7.94. The topological polar surface area (TPSA) is 72.2 Å². The molecular weight excluding hydrogens is 304 g/mol. The molecule has 1 heterocycles. The van der Waals surface area contributed by atoms with Crippen molar-refractivity contribution in [2.45, 2.75) is 17.2 Å². The number of benzene rings is 1. The summed E-state index contributed by atoms with van der Waals surface area (Å²) in [5.41, 5.74) is 7.12. The van der Waals surface area contributed by atoms with E-state index in [4.69, 9.17) is 17.3 Å². The first-order chi connectivity index (χ1) is 8.88. The van der Waals surface area contributed by atoms with E-state index in [1.54, 1.807) is 24.3 Å². The second kappa shape index (κ2) is 5.50. The van der Waals surface area contributed by atoms with Crippen molar-refractivity contribution in [3.8, 4) is 0 Å². The molecule has 1 atom stereocenters. The summed E-state index contributed by atoms with van der Waals surface area (Å²) >= 11 is 6.76. The highest BCUT2D eigenvalue weighted by atomic mass is 35.5. The van der Waals surface area contributed by atoms with Gasteiger partial charge < -0.3 is 5.73 Å². The molecule has 4 nitrogen and oxygen atoms in total. The molecule has 0 fully saturated rings. The van der Waals surface area contributed by atoms with Crippen LogP contribution in [0.2, 0.25) is 4.34 Å². The van der Waals surface area contributed by atoms with Crippen LogP contribution in [0.3, 0.4) is 0 Å². The van der Waals surface area contributed by atoms with Crippen molar-refractivity contribution in [1.29, 1.82) is 0 Å². The average Bonchev–Trinajstić information content (AvgIpc) is 2.76. The van der Waals surface area contributed by atoms with Crippen LogP contribution < -0.4 is 10.5 Å². The molecule has 0 aliphatic carbocycles. The Morgan fingerprint density at radius 3 is 2.63 bits per heavy atom. The van der Waals surface area contributed by atoms with Crippen LogP contribution in [0.5, 0.6) is 0 Å². The summed E-state index contributed by atoms with van der Waals surface area (Å²) in [4.78, 5) is 0. The molecule has 7 heteroatoms. The zero-order valence-electron chi connectivity index (χ0n) is 10.1. The molecule has 0 saturated carbocycles. The summed E-state index contributed by atoms with van der Waals surface area (Å²) in [7, 11) is -3.59. The van der Waals surface area contributed by atoms with Crippen molar-refractivity contribution in [2.24, 2.45) is 5.73 Å². The third kappa shape index (κ3) is 3.48. The molecule has 0 aliphatic heterocycles. The fourth-order valence-corrected chi connectivity index (χ4v) is 4.07. The first kappa shape index (κ1) is 14.3. The van der Waals surface area contributed by atoms with Crippen LogP contribution in [0.1, 0.15) is 18.5 Å². The number of nitrogens with one attached hydrogen (secondary N) is 1. The van der Waals surface area contributed by atoms with E-state index in [1.807, 2.05) is 13.0 Å². The Hall–Kier alpha value is -1.08. The van der Waals surface area contributed by atoms with Gasteiger partial charge in [-0.25, -0.2) is 8.42 Å². The smallest absolute Gasteiger partial charge is 0.271 e. The first-order valence-corrected chi connectivity index (χ1v) is 8.20. The van der Waals surface area contributed by atoms with Gasteiger partial charge in [0.2, 0.25) is 0 Å². The van der Waals surface area contributed by atoms with Crippen LogP contribution in [0.15, 0.2) is 40.6 Å². The van der Waals surface area contributed by atoms with E-state index >= 15 is 0 Å². The van der Waals surface area contributed by atoms with Crippen LogP contribution in [0, 0.1) is 0 Å². The van der Waals surface area contributed by atoms with E-state index in [2.05, 4.69) is 4.72 Å². The molecular formula is C12H13ClN2O2S2. The monoisotopic (exact) mass is 316 g/mol. The van der Waals surface area contributed by atoms with Gasteiger partial charge in [-0.15, -0.1) is 11.3 Å². The lowest BCUT2D eigenvalue weighted by Gasteiger charge is -2.10. The van der Waals surface area contributed by atoms with Gasteiger partial charge in [0.1, 0.15) is 4.21 Å². The number of hydrogen-bond acceptors (Lipinski definition) is 4. The lowest BCUT2D eigenvalue weighted by Crippen LogP contribution is -2.12. The molecule has 1 aromatic heterocycles. The molecule has 3 N–H and O–H groups in total. The molecule has 1 unspecified atom stereocenters. The minimum Gasteiger partial charge on any atom is -0.324 e. The van der Waals surface area contributed by atoms with Crippen LogP contribution in [-0.4, -0.2) is 8.42 Å². The molecule has 2 aromatic rings. The zero-order valence-corrected chi connectivity index (χ0v) is 12.5. The molecule has 19 heavy (non-hydrogen) atoms. The standard InChI is InChI=1S/C12H13ClN2O2S2/c1-8(14)9-3-2-4-10(7-9)15-19(16,17)12-6-5-11(13)18-12/h2-8,15H,14H2,1H3. The third-order valence-electron chi connectivity index (χ3n) is 2.48. The van der Waals surface area contributed by atoms with Gasteiger partial charge in [-0.3, -0.25) is 4.72 Å². The minimum absolute atomic E-state index is 0.152. The molecule has 0 radical (unpaired) electrons. The summed E-state index contributed by atoms with van der Waals surface area (Å²) < 4.78 is 27.3. The summed E-state index contributed by atoms with van der Waals surface area (Å²) in [5, 5.41) is 0. The van der Waals surface area contributed by atoms with Crippen molar-refractivity contribution in [3.63, 3.8) is 0 Å². The Balaban J connectivity index is 2.28. The second-order valence-electron chi connectivity index (χ2n) is 4.08. The Bertz CT molecular complexity index is 681. The summed E-state index contributed by atoms with van der Waals surface area (Å²) in [6.45, 7) is 1.84. The van der Waals surface area contributed by atoms with Gasteiger partial charge in [0.25, 0.3) is 10.0 Å². The van der Waals surface area contributed by atoms with Crippen molar-refractivity contribution in [1.82, 2.24) is 0 Å². The predicted molar refractivity (Wildman–Crippen MR) is 79.2 cm³/mol. The number of thiophene rings is 1. The van der Waals surface area contributed by atoms with Gasteiger partial charge in [-0.1, -0.05) is 23.7 Å². The average molecular weight is 317 g/mol. The van der Waals surface area contributed by atoms with Gasteiger partial charge >= 0.3 is 0 Å². The fourth-order valence-electron chi connectivity index (χ4n) is 1.53. The Morgan fingerprint density at radius 2 is 2.05 bits per heavy atom. The summed E-state index contributed by atoms with van der Waals surface area (Å²) in [6, 6.07) is 9.89. The molecule has 0 saturated heterocycles. The maximum Gasteiger partial charge on any atom is 0.271 e. The Morgan fingerprint density at radius 1 is 1.32 bits per heavy atom. The van der Waals surface area contributed by atoms with Crippen molar-refractivity contribution in [2.75, 3.05) is 4.72 Å². The van der Waals surface area contributed by atoms with E-state index < -0.39 is 10.0 Å². The Labute approximate surface area is 121 Å². The van der Waals surface area contributed by atoms with Crippen LogP contribution in [0.25, 0.3) is 0 Å². The zero-order chi connectivity index (χ0) is 14.0. The van der Waals surface area contributed by atoms with Gasteiger partial charge in [-0.05, 0) is 36.8 Å². The number of halogens is 1. The normalized spacial score (nSPS) is 13.2. The van der Waals surface area contributed by atoms with Crippen molar-refractivity contribution in [3.05, 3.63) is 46.3 Å². The third-order valence-corrected chi connectivity index (χ3v) is 5.58. The van der Waals surface area contributed by atoms with E-state index in [9.17, 15) is 8.42 Å². The number of sulfonamides is 1. The van der Waals surface area contributed by atoms with E-state index in [0.29, 0.717) is 10.0 Å². The van der Waals surface area contributed by atoms with Crippen LogP contribution in [-0.2, 0) is 10.0 Å². The van der Waals surface area contributed by atoms with E-state index in [-0.39, 0.29) is 10.3 Å². The molecule has 102 valence electrons. The highest BCUT2D eigenvalue weighted by Crippen LogP contribution is 2.27. The lowest BCUT2D eigenvalue weighted by atomic mass is 10.1. The molecule has 0 spiro atoms. The number of nitrogens with two attached hydrogens (primary N) is 1. The summed E-state index contributed by atoms with van der Waals surface area (Å²) in [5.74, 6) is 0. The van der Waals surface area contributed by atoms with Crippen LogP contribution in [0.4, 0.5) is 5.69 Å². The van der Waals surface area contributed by atoms with E-state index in [0.717, 1.165) is 16.9 Å². The first-order valence-electron chi connectivity index (χ1n) is 5.52. The summed E-state index contributed by atoms with van der Waals surface area (Å²) in [6.07, 6.45) is 0. The highest BCUT2D eigenvalue weighted by Gasteiger charge is 2.16. The molecule has 0 aliphatic rings.